The second kappa shape index (κ2) is 7.80. The van der Waals surface area contributed by atoms with Crippen LogP contribution in [0.1, 0.15) is 0 Å². The van der Waals surface area contributed by atoms with Crippen LogP contribution in [-0.2, 0) is 20.0 Å². The van der Waals surface area contributed by atoms with Crippen molar-refractivity contribution in [1.29, 1.82) is 0 Å². The second-order valence-electron chi connectivity index (χ2n) is 5.53. The monoisotopic (exact) mass is 491 g/mol. The number of hydrogen-bond acceptors (Lipinski definition) is 4. The van der Waals surface area contributed by atoms with Crippen LogP contribution < -0.4 is 9.44 Å². The molecule has 3 rings (SSSR count). The van der Waals surface area contributed by atoms with Crippen LogP contribution >= 0.6 is 27.5 Å². The van der Waals surface area contributed by atoms with Crippen LogP contribution in [0.3, 0.4) is 0 Å². The lowest BCUT2D eigenvalue weighted by atomic mass is 10.2. The number of aromatic nitrogens is 1. The van der Waals surface area contributed by atoms with Crippen molar-refractivity contribution >= 4 is 64.2 Å². The van der Waals surface area contributed by atoms with E-state index in [0.29, 0.717) is 26.9 Å². The fraction of sp³-hybridized carbons (Fsp3) is 0.125. The summed E-state index contributed by atoms with van der Waals surface area (Å²) in [5.41, 5.74) is 0.902. The Kier molecular flexibility index (Phi) is 5.82. The van der Waals surface area contributed by atoms with Crippen LogP contribution in [-0.4, -0.2) is 33.7 Å². The standard InChI is InChI=1S/C16H15BrClN3O4S2/c17-8-9-20-26(22,23)11-4-6-12(7-5-11)27(24,25)21-15-3-1-2-13-14(18)10-19-16(13)15/h1-7,10,19-21H,8-9H2. The Labute approximate surface area is 170 Å². The van der Waals surface area contributed by atoms with E-state index in [1.807, 2.05) is 0 Å². The SMILES string of the molecule is O=S(=O)(NCCBr)c1ccc(S(=O)(=O)Nc2cccc3c(Cl)c[nH]c23)cc1. The first-order valence-electron chi connectivity index (χ1n) is 7.69. The van der Waals surface area contributed by atoms with Crippen LogP contribution in [0.25, 0.3) is 10.9 Å². The normalized spacial score (nSPS) is 12.4. The van der Waals surface area contributed by atoms with Gasteiger partial charge >= 0.3 is 0 Å². The van der Waals surface area contributed by atoms with Crippen LogP contribution in [0, 0.1) is 0 Å². The lowest BCUT2D eigenvalue weighted by Crippen LogP contribution is -2.25. The van der Waals surface area contributed by atoms with E-state index in [2.05, 4.69) is 30.4 Å². The molecule has 0 spiro atoms. The van der Waals surface area contributed by atoms with Crippen molar-refractivity contribution in [3.8, 4) is 0 Å². The van der Waals surface area contributed by atoms with Gasteiger partial charge < -0.3 is 4.98 Å². The second-order valence-corrected chi connectivity index (χ2v) is 10.2. The van der Waals surface area contributed by atoms with Crippen LogP contribution in [0.4, 0.5) is 5.69 Å². The number of rotatable bonds is 7. The highest BCUT2D eigenvalue weighted by Crippen LogP contribution is 2.30. The third-order valence-corrected chi connectivity index (χ3v) is 7.31. The maximum absolute atomic E-state index is 12.7. The van der Waals surface area contributed by atoms with Gasteiger partial charge in [0.25, 0.3) is 10.0 Å². The predicted molar refractivity (Wildman–Crippen MR) is 110 cm³/mol. The molecule has 1 aromatic heterocycles. The van der Waals surface area contributed by atoms with Gasteiger partial charge in [0.1, 0.15) is 0 Å². The summed E-state index contributed by atoms with van der Waals surface area (Å²) < 4.78 is 54.4. The van der Waals surface area contributed by atoms with Crippen molar-refractivity contribution in [2.45, 2.75) is 9.79 Å². The Balaban J connectivity index is 1.89. The van der Waals surface area contributed by atoms with E-state index in [-0.39, 0.29) is 16.3 Å². The maximum Gasteiger partial charge on any atom is 0.261 e. The molecule has 0 aliphatic heterocycles. The van der Waals surface area contributed by atoms with Gasteiger partial charge in [0.2, 0.25) is 10.0 Å². The Morgan fingerprint density at radius 1 is 0.963 bits per heavy atom. The van der Waals surface area contributed by atoms with Crippen LogP contribution in [0.2, 0.25) is 5.02 Å². The Morgan fingerprint density at radius 2 is 1.59 bits per heavy atom. The molecule has 0 aliphatic carbocycles. The fourth-order valence-corrected chi connectivity index (χ4v) is 5.24. The van der Waals surface area contributed by atoms with Crippen molar-refractivity contribution in [3.63, 3.8) is 0 Å². The first kappa shape index (κ1) is 20.2. The summed E-state index contributed by atoms with van der Waals surface area (Å²) in [4.78, 5) is 2.86. The number of sulfonamides is 2. The molecule has 0 fully saturated rings. The van der Waals surface area contributed by atoms with E-state index in [1.54, 1.807) is 24.4 Å². The molecular weight excluding hydrogens is 478 g/mol. The van der Waals surface area contributed by atoms with Crippen molar-refractivity contribution in [3.05, 3.63) is 53.7 Å². The largest absolute Gasteiger partial charge is 0.358 e. The Morgan fingerprint density at radius 3 is 2.22 bits per heavy atom. The molecule has 0 atom stereocenters. The van der Waals surface area contributed by atoms with E-state index in [9.17, 15) is 16.8 Å². The van der Waals surface area contributed by atoms with Gasteiger partial charge in [-0.15, -0.1) is 0 Å². The highest BCUT2D eigenvalue weighted by Gasteiger charge is 2.19. The van der Waals surface area contributed by atoms with Gasteiger partial charge in [0, 0.05) is 23.5 Å². The molecule has 11 heteroatoms. The first-order valence-corrected chi connectivity index (χ1v) is 12.2. The summed E-state index contributed by atoms with van der Waals surface area (Å²) in [5, 5.41) is 1.64. The zero-order valence-electron chi connectivity index (χ0n) is 13.7. The molecule has 7 nitrogen and oxygen atoms in total. The molecule has 1 heterocycles. The minimum atomic E-state index is -3.91. The smallest absolute Gasteiger partial charge is 0.261 e. The van der Waals surface area contributed by atoms with E-state index >= 15 is 0 Å². The number of aromatic amines is 1. The van der Waals surface area contributed by atoms with Gasteiger partial charge in [-0.2, -0.15) is 0 Å². The highest BCUT2D eigenvalue weighted by atomic mass is 79.9. The lowest BCUT2D eigenvalue weighted by Gasteiger charge is -2.10. The molecule has 0 unspecified atom stereocenters. The highest BCUT2D eigenvalue weighted by molar-refractivity contribution is 9.09. The molecule has 3 N–H and O–H groups in total. The van der Waals surface area contributed by atoms with Gasteiger partial charge in [0.15, 0.2) is 0 Å². The van der Waals surface area contributed by atoms with E-state index in [0.717, 1.165) is 0 Å². The van der Waals surface area contributed by atoms with Gasteiger partial charge in [-0.1, -0.05) is 39.7 Å². The van der Waals surface area contributed by atoms with E-state index in [1.165, 1.54) is 24.3 Å². The van der Waals surface area contributed by atoms with Gasteiger partial charge in [0.05, 0.1) is 26.0 Å². The van der Waals surface area contributed by atoms with Crippen molar-refractivity contribution in [1.82, 2.24) is 9.71 Å². The van der Waals surface area contributed by atoms with E-state index in [4.69, 9.17) is 11.6 Å². The summed E-state index contributed by atoms with van der Waals surface area (Å²) in [6, 6.07) is 10.0. The maximum atomic E-state index is 12.7. The van der Waals surface area contributed by atoms with Crippen LogP contribution in [0.5, 0.6) is 0 Å². The first-order chi connectivity index (χ1) is 12.7. The number of fused-ring (bicyclic) bond motifs is 1. The number of hydrogen-bond donors (Lipinski definition) is 3. The zero-order valence-corrected chi connectivity index (χ0v) is 17.7. The topological polar surface area (TPSA) is 108 Å². The quantitative estimate of drug-likeness (QED) is 0.440. The molecule has 0 saturated carbocycles. The third kappa shape index (κ3) is 4.30. The number of alkyl halides is 1. The number of halogens is 2. The van der Waals surface area contributed by atoms with Crippen molar-refractivity contribution in [2.24, 2.45) is 0 Å². The van der Waals surface area contributed by atoms with Crippen LogP contribution in [0.15, 0.2) is 58.5 Å². The molecule has 27 heavy (non-hydrogen) atoms. The molecule has 2 aromatic carbocycles. The molecule has 0 aliphatic rings. The molecule has 0 saturated heterocycles. The van der Waals surface area contributed by atoms with Crippen molar-refractivity contribution < 1.29 is 16.8 Å². The van der Waals surface area contributed by atoms with Gasteiger partial charge in [-0.3, -0.25) is 4.72 Å². The molecule has 3 aromatic rings. The molecule has 0 bridgehead atoms. The average Bonchev–Trinajstić information content (AvgIpc) is 3.02. The summed E-state index contributed by atoms with van der Waals surface area (Å²) in [5.74, 6) is 0. The summed E-state index contributed by atoms with van der Waals surface area (Å²) in [6.07, 6.45) is 1.57. The van der Waals surface area contributed by atoms with E-state index < -0.39 is 20.0 Å². The molecule has 0 amide bonds. The fourth-order valence-electron chi connectivity index (χ4n) is 2.46. The Bertz CT molecular complexity index is 1180. The lowest BCUT2D eigenvalue weighted by molar-refractivity contribution is 0.583. The van der Waals surface area contributed by atoms with Gasteiger partial charge in [-0.05, 0) is 30.3 Å². The average molecular weight is 493 g/mol. The summed E-state index contributed by atoms with van der Waals surface area (Å²) in [7, 11) is -7.60. The minimum absolute atomic E-state index is 0.0133. The van der Waals surface area contributed by atoms with Gasteiger partial charge in [-0.25, -0.2) is 21.6 Å². The summed E-state index contributed by atoms with van der Waals surface area (Å²) >= 11 is 9.19. The summed E-state index contributed by atoms with van der Waals surface area (Å²) in [6.45, 7) is 0.229. The molecular formula is C16H15BrClN3O4S2. The third-order valence-electron chi connectivity index (χ3n) is 3.74. The number of nitrogens with one attached hydrogen (secondary N) is 3. The minimum Gasteiger partial charge on any atom is -0.358 e. The zero-order chi connectivity index (χ0) is 19.7. The molecule has 144 valence electrons. The number of para-hydroxylation sites is 1. The van der Waals surface area contributed by atoms with Crippen molar-refractivity contribution in [2.75, 3.05) is 16.6 Å². The number of anilines is 1. The Hall–Kier alpha value is -1.59. The predicted octanol–water partition coefficient (Wildman–Crippen LogP) is 3.30. The molecule has 0 radical (unpaired) electrons. The number of H-pyrrole nitrogens is 1. The number of benzene rings is 2.